The van der Waals surface area contributed by atoms with E-state index in [1.165, 1.54) is 17.2 Å². The first-order chi connectivity index (χ1) is 16.5. The van der Waals surface area contributed by atoms with E-state index in [0.29, 0.717) is 28.4 Å². The van der Waals surface area contributed by atoms with Crippen LogP contribution in [-0.2, 0) is 14.3 Å². The highest BCUT2D eigenvalue weighted by Crippen LogP contribution is 2.29. The molecule has 10 nitrogen and oxygen atoms in total. The topological polar surface area (TPSA) is 124 Å². The van der Waals surface area contributed by atoms with Gasteiger partial charge in [0.05, 0.1) is 18.8 Å². The van der Waals surface area contributed by atoms with Crippen molar-refractivity contribution in [2.24, 2.45) is 0 Å². The molecule has 11 heteroatoms. The van der Waals surface area contributed by atoms with Gasteiger partial charge < -0.3 is 19.2 Å². The third-order valence-corrected chi connectivity index (χ3v) is 5.84. The first-order valence-corrected chi connectivity index (χ1v) is 11.0. The molecular weight excluding hydrogens is 445 g/mol. The highest BCUT2D eigenvalue weighted by molar-refractivity contribution is 5.90. The predicted molar refractivity (Wildman–Crippen MR) is 116 cm³/mol. The first-order valence-electron chi connectivity index (χ1n) is 11.0. The van der Waals surface area contributed by atoms with Crippen LogP contribution < -0.4 is 10.2 Å². The Morgan fingerprint density at radius 3 is 2.85 bits per heavy atom. The molecule has 2 aromatic heterocycles. The van der Waals surface area contributed by atoms with Crippen molar-refractivity contribution < 1.29 is 33.2 Å². The summed E-state index contributed by atoms with van der Waals surface area (Å²) in [5.74, 6) is -0.0962. The molecule has 2 N–H and O–H groups in total. The number of halogens is 1. The zero-order valence-corrected chi connectivity index (χ0v) is 18.4. The summed E-state index contributed by atoms with van der Waals surface area (Å²) in [7, 11) is 0. The maximum atomic E-state index is 14.9. The van der Waals surface area contributed by atoms with Crippen molar-refractivity contribution in [1.82, 2.24) is 15.2 Å². The second kappa shape index (κ2) is 9.18. The second-order valence-corrected chi connectivity index (χ2v) is 8.24. The van der Waals surface area contributed by atoms with E-state index in [4.69, 9.17) is 13.9 Å². The van der Waals surface area contributed by atoms with Crippen LogP contribution in [0.15, 0.2) is 40.9 Å². The van der Waals surface area contributed by atoms with Gasteiger partial charge in [-0.15, -0.1) is 10.2 Å². The minimum Gasteiger partial charge on any atom is -0.457 e. The molecule has 0 bridgehead atoms. The second-order valence-electron chi connectivity index (χ2n) is 8.24. The number of pyridine rings is 1. The number of cyclic esters (lactones) is 1. The van der Waals surface area contributed by atoms with E-state index in [9.17, 15) is 14.0 Å². The van der Waals surface area contributed by atoms with E-state index in [-0.39, 0.29) is 31.1 Å². The molecule has 1 unspecified atom stereocenters. The lowest BCUT2D eigenvalue weighted by Crippen LogP contribution is -2.88. The average molecular weight is 468 g/mol. The van der Waals surface area contributed by atoms with Crippen LogP contribution in [0.2, 0.25) is 0 Å². The van der Waals surface area contributed by atoms with Gasteiger partial charge in [0.15, 0.2) is 12.1 Å². The molecule has 176 valence electrons. The van der Waals surface area contributed by atoms with Crippen LogP contribution >= 0.6 is 0 Å². The predicted octanol–water partition coefficient (Wildman–Crippen LogP) is 1.84. The zero-order chi connectivity index (χ0) is 23.7. The van der Waals surface area contributed by atoms with Gasteiger partial charge >= 0.3 is 12.1 Å². The Balaban J connectivity index is 1.24. The van der Waals surface area contributed by atoms with Crippen LogP contribution in [0.25, 0.3) is 22.7 Å². The van der Waals surface area contributed by atoms with Gasteiger partial charge in [-0.25, -0.2) is 14.0 Å². The fraction of sp³-hybridized carbons (Fsp3) is 0.348. The lowest BCUT2D eigenvalue weighted by Gasteiger charge is -2.15. The van der Waals surface area contributed by atoms with Crippen LogP contribution in [0.5, 0.6) is 0 Å². The maximum absolute atomic E-state index is 14.9. The molecule has 34 heavy (non-hydrogen) atoms. The fourth-order valence-corrected chi connectivity index (χ4v) is 4.08. The number of hydrogen-bond donors (Lipinski definition) is 1. The Bertz CT molecular complexity index is 1210. The molecule has 2 aliphatic heterocycles. The van der Waals surface area contributed by atoms with Crippen LogP contribution in [0.3, 0.4) is 0 Å². The molecule has 3 aromatic rings. The van der Waals surface area contributed by atoms with Crippen LogP contribution in [0.4, 0.5) is 14.9 Å². The van der Waals surface area contributed by atoms with Gasteiger partial charge in [0, 0.05) is 37.1 Å². The van der Waals surface area contributed by atoms with Gasteiger partial charge in [0.2, 0.25) is 5.89 Å². The molecule has 4 heterocycles. The molecule has 2 fully saturated rings. The van der Waals surface area contributed by atoms with Gasteiger partial charge in [-0.05, 0) is 24.3 Å². The maximum Gasteiger partial charge on any atom is 0.414 e. The minimum absolute atomic E-state index is 0.0242. The Labute approximate surface area is 194 Å². The number of aryl methyl sites for hydroxylation is 1. The van der Waals surface area contributed by atoms with E-state index in [2.05, 4.69) is 15.2 Å². The monoisotopic (exact) mass is 468 g/mol. The summed E-state index contributed by atoms with van der Waals surface area (Å²) >= 11 is 0. The van der Waals surface area contributed by atoms with Crippen molar-refractivity contribution in [3.63, 3.8) is 0 Å². The third-order valence-electron chi connectivity index (χ3n) is 5.84. The summed E-state index contributed by atoms with van der Waals surface area (Å²) in [5, 5.41) is 9.64. The van der Waals surface area contributed by atoms with Gasteiger partial charge in [-0.3, -0.25) is 9.88 Å². The Morgan fingerprint density at radius 1 is 1.29 bits per heavy atom. The number of benzene rings is 1. The lowest BCUT2D eigenvalue weighted by atomic mass is 10.1. The zero-order valence-electron chi connectivity index (χ0n) is 18.4. The summed E-state index contributed by atoms with van der Waals surface area (Å²) in [5.41, 5.74) is 1.73. The number of quaternary nitrogens is 1. The average Bonchev–Trinajstić information content (AvgIpc) is 3.59. The van der Waals surface area contributed by atoms with Crippen molar-refractivity contribution in [2.75, 3.05) is 24.6 Å². The quantitative estimate of drug-likeness (QED) is 0.544. The summed E-state index contributed by atoms with van der Waals surface area (Å²) in [6, 6.07) is 7.67. The standard InChI is InChI=1S/C23H22FN5O5/c1-13-27-28-21(33-13)19-7-4-14(10-26-19)17-6-5-15(9-18(17)24)29-11-16(34-23(29)31)12-32-22(30)20-3-2-8-25-20/h4-7,9-10,16,20,25H,2-3,8,11-12H2,1H3/p+1/t16-,20?/m1/s1. The minimum atomic E-state index is -0.610. The molecule has 0 saturated carbocycles. The molecule has 2 saturated heterocycles. The van der Waals surface area contributed by atoms with E-state index in [1.54, 1.807) is 31.2 Å². The molecule has 2 aliphatic rings. The fourth-order valence-electron chi connectivity index (χ4n) is 4.08. The molecule has 5 rings (SSSR count). The van der Waals surface area contributed by atoms with Crippen molar-refractivity contribution >= 4 is 17.7 Å². The Hall–Kier alpha value is -3.86. The summed E-state index contributed by atoms with van der Waals surface area (Å²) in [4.78, 5) is 30.0. The van der Waals surface area contributed by atoms with Crippen LogP contribution in [0, 0.1) is 12.7 Å². The van der Waals surface area contributed by atoms with Crippen molar-refractivity contribution in [3.05, 3.63) is 48.2 Å². The Kier molecular flexibility index (Phi) is 5.93. The molecule has 1 aromatic carbocycles. The Morgan fingerprint density at radius 2 is 2.18 bits per heavy atom. The first kappa shape index (κ1) is 22.0. The van der Waals surface area contributed by atoms with E-state index in [0.717, 1.165) is 19.4 Å². The number of anilines is 1. The number of aromatic nitrogens is 3. The summed E-state index contributed by atoms with van der Waals surface area (Å²) < 4.78 is 30.9. The highest BCUT2D eigenvalue weighted by Gasteiger charge is 2.35. The van der Waals surface area contributed by atoms with Gasteiger partial charge in [0.25, 0.3) is 5.89 Å². The van der Waals surface area contributed by atoms with E-state index < -0.39 is 18.0 Å². The van der Waals surface area contributed by atoms with E-state index >= 15 is 0 Å². The molecule has 1 amide bonds. The molecular formula is C23H23FN5O5+. The molecule has 0 radical (unpaired) electrons. The SMILES string of the molecule is Cc1nnc(-c2ccc(-c3ccc(N4C[C@H](COC(=O)C5CCC[NH2+]5)OC4=O)cc3F)cn2)o1. The van der Waals surface area contributed by atoms with Crippen LogP contribution in [-0.4, -0.2) is 59.1 Å². The lowest BCUT2D eigenvalue weighted by molar-refractivity contribution is -0.659. The van der Waals surface area contributed by atoms with Gasteiger partial charge in [-0.2, -0.15) is 0 Å². The number of hydrogen-bond acceptors (Lipinski definition) is 8. The van der Waals surface area contributed by atoms with Gasteiger partial charge in [0.1, 0.15) is 18.1 Å². The number of esters is 1. The van der Waals surface area contributed by atoms with E-state index in [1.807, 2.05) is 5.32 Å². The largest absolute Gasteiger partial charge is 0.457 e. The number of nitrogens with zero attached hydrogens (tertiary/aromatic N) is 4. The molecule has 0 spiro atoms. The third kappa shape index (κ3) is 4.46. The summed E-state index contributed by atoms with van der Waals surface area (Å²) in [6.07, 6.45) is 2.07. The number of carbonyl (C=O) groups is 2. The number of rotatable bonds is 6. The number of ether oxygens (including phenoxy) is 2. The van der Waals surface area contributed by atoms with Crippen molar-refractivity contribution in [1.29, 1.82) is 0 Å². The smallest absolute Gasteiger partial charge is 0.414 e. The molecule has 2 atom stereocenters. The summed E-state index contributed by atoms with van der Waals surface area (Å²) in [6.45, 7) is 2.73. The van der Waals surface area contributed by atoms with Gasteiger partial charge in [-0.1, -0.05) is 6.07 Å². The molecule has 0 aliphatic carbocycles. The number of nitrogens with two attached hydrogens (primary N) is 1. The van der Waals surface area contributed by atoms with Crippen LogP contribution in [0.1, 0.15) is 18.7 Å². The normalized spacial score (nSPS) is 19.9. The highest BCUT2D eigenvalue weighted by atomic mass is 19.1. The number of carbonyl (C=O) groups excluding carboxylic acids is 2. The van der Waals surface area contributed by atoms with Crippen molar-refractivity contribution in [2.45, 2.75) is 31.9 Å². The van der Waals surface area contributed by atoms with Crippen molar-refractivity contribution in [3.8, 4) is 22.7 Å². The number of amides is 1.